The quantitative estimate of drug-likeness (QED) is 0.126. The van der Waals surface area contributed by atoms with Gasteiger partial charge in [0.15, 0.2) is 11.5 Å². The summed E-state index contributed by atoms with van der Waals surface area (Å²) in [5.41, 5.74) is 1.65. The third kappa shape index (κ3) is 9.46. The van der Waals surface area contributed by atoms with Gasteiger partial charge in [-0.3, -0.25) is 19.7 Å². The van der Waals surface area contributed by atoms with Crippen molar-refractivity contribution < 1.29 is 24.0 Å². The van der Waals surface area contributed by atoms with Crippen LogP contribution >= 0.6 is 11.3 Å². The summed E-state index contributed by atoms with van der Waals surface area (Å²) in [6.45, 7) is 5.41. The molecule has 9 nitrogen and oxygen atoms in total. The molecule has 1 aromatic heterocycles. The Labute approximate surface area is 245 Å². The number of aryl methyl sites for hydroxylation is 1. The number of methoxy groups -OCH3 is 2. The first-order chi connectivity index (χ1) is 19.7. The van der Waals surface area contributed by atoms with Crippen molar-refractivity contribution in [3.63, 3.8) is 0 Å². The highest BCUT2D eigenvalue weighted by Crippen LogP contribution is 2.28. The van der Waals surface area contributed by atoms with Crippen molar-refractivity contribution in [1.82, 2.24) is 9.80 Å². The molecule has 3 aromatic rings. The fraction of sp³-hybridized carbons (Fsp3) is 0.355. The Balaban J connectivity index is 1.75. The number of carbonyl (C=O) groups is 2. The van der Waals surface area contributed by atoms with Gasteiger partial charge in [0.05, 0.1) is 25.7 Å². The molecule has 3 rings (SSSR count). The Hall–Kier alpha value is -4.18. The molecule has 0 fully saturated rings. The lowest BCUT2D eigenvalue weighted by Crippen LogP contribution is -2.43. The number of ether oxygens (including phenoxy) is 2. The number of hydrogen-bond donors (Lipinski definition) is 0. The van der Waals surface area contributed by atoms with Crippen LogP contribution in [0.15, 0.2) is 60.7 Å². The number of hydrogen-bond acceptors (Lipinski definition) is 7. The second-order valence-electron chi connectivity index (χ2n) is 9.56. The number of unbranched alkanes of at least 4 members (excludes halogenated alkanes) is 1. The standard InChI is InChI=1S/C31H37N3O6S/c1-5-6-18-32(30(35)16-11-24-8-12-26(13-9-24)34(37)38)22-31(36)33(21-27-14-7-23(2)41-27)19-17-25-10-15-28(39-3)29(20-25)40-4/h7-16,20H,5-6,17-19,21-22H2,1-4H3. The van der Waals surface area contributed by atoms with Crippen molar-refractivity contribution in [3.05, 3.63) is 91.7 Å². The summed E-state index contributed by atoms with van der Waals surface area (Å²) in [5, 5.41) is 10.9. The summed E-state index contributed by atoms with van der Waals surface area (Å²) >= 11 is 1.65. The van der Waals surface area contributed by atoms with Crippen LogP contribution < -0.4 is 9.47 Å². The number of nitro benzene ring substituents is 1. The minimum Gasteiger partial charge on any atom is -0.493 e. The molecule has 10 heteroatoms. The normalized spacial score (nSPS) is 10.9. The summed E-state index contributed by atoms with van der Waals surface area (Å²) < 4.78 is 10.8. The summed E-state index contributed by atoms with van der Waals surface area (Å²) in [7, 11) is 3.18. The van der Waals surface area contributed by atoms with E-state index in [0.717, 1.165) is 23.3 Å². The number of non-ortho nitro benzene ring substituents is 1. The van der Waals surface area contributed by atoms with Crippen LogP contribution in [0.1, 0.15) is 40.6 Å². The first-order valence-electron chi connectivity index (χ1n) is 13.5. The molecule has 0 aliphatic heterocycles. The molecule has 0 N–H and O–H groups in total. The maximum absolute atomic E-state index is 13.7. The average molecular weight is 580 g/mol. The van der Waals surface area contributed by atoms with Crippen molar-refractivity contribution >= 4 is 34.9 Å². The number of nitro groups is 1. The van der Waals surface area contributed by atoms with Crippen molar-refractivity contribution in [3.8, 4) is 11.5 Å². The molecule has 0 saturated carbocycles. The number of nitrogens with zero attached hydrogens (tertiary/aromatic N) is 3. The minimum absolute atomic E-state index is 0.0160. The fourth-order valence-corrected chi connectivity index (χ4v) is 5.12. The van der Waals surface area contributed by atoms with E-state index in [4.69, 9.17) is 9.47 Å². The fourth-order valence-electron chi connectivity index (χ4n) is 4.21. The van der Waals surface area contributed by atoms with E-state index in [2.05, 4.69) is 0 Å². The molecule has 0 bridgehead atoms. The Morgan fingerprint density at radius 1 is 0.976 bits per heavy atom. The third-order valence-electron chi connectivity index (χ3n) is 6.56. The summed E-state index contributed by atoms with van der Waals surface area (Å²) in [6.07, 6.45) is 5.28. The van der Waals surface area contributed by atoms with Gasteiger partial charge in [-0.15, -0.1) is 11.3 Å². The van der Waals surface area contributed by atoms with Crippen LogP contribution in [-0.2, 0) is 22.6 Å². The lowest BCUT2D eigenvalue weighted by Gasteiger charge is -2.27. The predicted molar refractivity (Wildman–Crippen MR) is 161 cm³/mol. The number of thiophene rings is 1. The number of benzene rings is 2. The molecule has 0 spiro atoms. The van der Waals surface area contributed by atoms with Crippen molar-refractivity contribution in [1.29, 1.82) is 0 Å². The molecule has 218 valence electrons. The molecular formula is C31H37N3O6S. The van der Waals surface area contributed by atoms with E-state index in [1.54, 1.807) is 53.6 Å². The maximum Gasteiger partial charge on any atom is 0.269 e. The van der Waals surface area contributed by atoms with E-state index < -0.39 is 4.92 Å². The largest absolute Gasteiger partial charge is 0.493 e. The molecule has 0 atom stereocenters. The zero-order valence-corrected chi connectivity index (χ0v) is 24.8. The Morgan fingerprint density at radius 3 is 2.32 bits per heavy atom. The SMILES string of the molecule is CCCCN(CC(=O)N(CCc1ccc(OC)c(OC)c1)Cc1ccc(C)s1)C(=O)C=Cc1ccc([N+](=O)[O-])cc1. The van der Waals surface area contributed by atoms with E-state index in [9.17, 15) is 19.7 Å². The van der Waals surface area contributed by atoms with Gasteiger partial charge in [0.25, 0.3) is 5.69 Å². The first-order valence-corrected chi connectivity index (χ1v) is 14.3. The molecule has 41 heavy (non-hydrogen) atoms. The topological polar surface area (TPSA) is 102 Å². The molecule has 1 heterocycles. The monoisotopic (exact) mass is 579 g/mol. The summed E-state index contributed by atoms with van der Waals surface area (Å²) in [4.78, 5) is 42.9. The second kappa shape index (κ2) is 15.6. The number of carbonyl (C=O) groups excluding carboxylic acids is 2. The molecule has 0 unspecified atom stereocenters. The van der Waals surface area contributed by atoms with Crippen LogP contribution in [0, 0.1) is 17.0 Å². The van der Waals surface area contributed by atoms with Crippen LogP contribution in [0.5, 0.6) is 11.5 Å². The molecule has 0 aliphatic carbocycles. The molecule has 2 aromatic carbocycles. The molecule has 2 amide bonds. The van der Waals surface area contributed by atoms with Crippen LogP contribution in [0.4, 0.5) is 5.69 Å². The molecule has 0 aliphatic rings. The molecular weight excluding hydrogens is 542 g/mol. The van der Waals surface area contributed by atoms with Gasteiger partial charge >= 0.3 is 0 Å². The van der Waals surface area contributed by atoms with Crippen molar-refractivity contribution in [2.75, 3.05) is 33.9 Å². The highest BCUT2D eigenvalue weighted by Gasteiger charge is 2.21. The van der Waals surface area contributed by atoms with Crippen LogP contribution in [0.2, 0.25) is 0 Å². The van der Waals surface area contributed by atoms with E-state index in [-0.39, 0.29) is 24.0 Å². The Morgan fingerprint density at radius 2 is 1.71 bits per heavy atom. The number of rotatable bonds is 15. The maximum atomic E-state index is 13.7. The van der Waals surface area contributed by atoms with Crippen LogP contribution in [-0.4, -0.2) is 60.4 Å². The van der Waals surface area contributed by atoms with E-state index >= 15 is 0 Å². The smallest absolute Gasteiger partial charge is 0.269 e. The zero-order chi connectivity index (χ0) is 29.8. The van der Waals surface area contributed by atoms with Gasteiger partial charge in [0.1, 0.15) is 6.54 Å². The molecule has 0 saturated heterocycles. The van der Waals surface area contributed by atoms with Gasteiger partial charge in [-0.1, -0.05) is 19.4 Å². The van der Waals surface area contributed by atoms with Crippen molar-refractivity contribution in [2.24, 2.45) is 0 Å². The van der Waals surface area contributed by atoms with Gasteiger partial charge in [-0.05, 0) is 73.4 Å². The Bertz CT molecular complexity index is 1350. The minimum atomic E-state index is -0.467. The first kappa shape index (κ1) is 31.3. The Kier molecular flexibility index (Phi) is 11.9. The lowest BCUT2D eigenvalue weighted by molar-refractivity contribution is -0.384. The van der Waals surface area contributed by atoms with Gasteiger partial charge in [-0.25, -0.2) is 0 Å². The summed E-state index contributed by atoms with van der Waals surface area (Å²) in [5.74, 6) is 0.861. The highest BCUT2D eigenvalue weighted by molar-refractivity contribution is 7.11. The van der Waals surface area contributed by atoms with E-state index in [0.29, 0.717) is 43.1 Å². The summed E-state index contributed by atoms with van der Waals surface area (Å²) in [6, 6.07) is 15.8. The van der Waals surface area contributed by atoms with Gasteiger partial charge in [-0.2, -0.15) is 0 Å². The number of amides is 2. The van der Waals surface area contributed by atoms with Gasteiger partial charge < -0.3 is 19.3 Å². The van der Waals surface area contributed by atoms with Crippen molar-refractivity contribution in [2.45, 2.75) is 39.7 Å². The highest BCUT2D eigenvalue weighted by atomic mass is 32.1. The van der Waals surface area contributed by atoms with Gasteiger partial charge in [0.2, 0.25) is 11.8 Å². The van der Waals surface area contributed by atoms with Gasteiger partial charge in [0, 0.05) is 41.1 Å². The zero-order valence-electron chi connectivity index (χ0n) is 24.0. The van der Waals surface area contributed by atoms with E-state index in [1.807, 2.05) is 44.2 Å². The predicted octanol–water partition coefficient (Wildman–Crippen LogP) is 5.90. The lowest BCUT2D eigenvalue weighted by atomic mass is 10.1. The van der Waals surface area contributed by atoms with Crippen LogP contribution in [0.3, 0.4) is 0 Å². The third-order valence-corrected chi connectivity index (χ3v) is 7.54. The van der Waals surface area contributed by atoms with E-state index in [1.165, 1.54) is 23.1 Å². The average Bonchev–Trinajstić information content (AvgIpc) is 3.40. The molecule has 0 radical (unpaired) electrons. The second-order valence-corrected chi connectivity index (χ2v) is 10.9. The van der Waals surface area contributed by atoms with Crippen LogP contribution in [0.25, 0.3) is 6.08 Å².